The Balaban J connectivity index is 2.68. The lowest BCUT2D eigenvalue weighted by atomic mass is 9.99. The van der Waals surface area contributed by atoms with E-state index in [9.17, 15) is 17.6 Å². The third-order valence-corrected chi connectivity index (χ3v) is 2.70. The summed E-state index contributed by atoms with van der Waals surface area (Å²) in [7, 11) is 1.37. The fourth-order valence-electron chi connectivity index (χ4n) is 1.74. The van der Waals surface area contributed by atoms with E-state index in [1.807, 2.05) is 0 Å². The molecule has 0 saturated heterocycles. The topological polar surface area (TPSA) is 48.1 Å². The summed E-state index contributed by atoms with van der Waals surface area (Å²) in [5.74, 6) is -0.824. The van der Waals surface area contributed by atoms with E-state index < -0.39 is 17.6 Å². The lowest BCUT2D eigenvalue weighted by molar-refractivity contribution is -0.137. The fourth-order valence-corrected chi connectivity index (χ4v) is 1.74. The largest absolute Gasteiger partial charge is 0.495 e. The quantitative estimate of drug-likeness (QED) is 0.679. The number of alkyl halides is 3. The number of methoxy groups -OCH3 is 1. The molecule has 7 heteroatoms. The molecule has 106 valence electrons. The summed E-state index contributed by atoms with van der Waals surface area (Å²) in [6, 6.07) is 2.69. The van der Waals surface area contributed by atoms with Crippen molar-refractivity contribution >= 4 is 5.69 Å². The molecule has 0 unspecified atom stereocenters. The molecule has 0 fully saturated rings. The van der Waals surface area contributed by atoms with Gasteiger partial charge in [0.2, 0.25) is 0 Å². The predicted molar refractivity (Wildman–Crippen MR) is 65.6 cm³/mol. The van der Waals surface area contributed by atoms with Gasteiger partial charge in [-0.25, -0.2) is 4.39 Å². The first-order valence-corrected chi connectivity index (χ1v) is 5.48. The maximum Gasteiger partial charge on any atom is 0.417 e. The number of rotatable bonds is 2. The van der Waals surface area contributed by atoms with E-state index in [1.165, 1.54) is 25.6 Å². The summed E-state index contributed by atoms with van der Waals surface area (Å²) < 4.78 is 57.1. The highest BCUT2D eigenvalue weighted by atomic mass is 19.4. The van der Waals surface area contributed by atoms with Crippen molar-refractivity contribution in [2.45, 2.75) is 6.18 Å². The van der Waals surface area contributed by atoms with Crippen molar-refractivity contribution in [1.29, 1.82) is 0 Å². The lowest BCUT2D eigenvalue weighted by Gasteiger charge is -2.14. The van der Waals surface area contributed by atoms with Crippen molar-refractivity contribution in [3.8, 4) is 16.9 Å². The third-order valence-electron chi connectivity index (χ3n) is 2.70. The Bertz CT molecular complexity index is 641. The molecule has 3 nitrogen and oxygen atoms in total. The van der Waals surface area contributed by atoms with Gasteiger partial charge < -0.3 is 10.5 Å². The zero-order chi connectivity index (χ0) is 14.9. The molecular formula is C13H10F4N2O. The maximum absolute atomic E-state index is 13.3. The standard InChI is InChI=1S/C13H10F4N2O/c1-20-8-2-7(5-19-6-8)9-3-12(18)11(14)4-10(9)13(15,16)17/h2-6H,18H2,1H3. The van der Waals surface area contributed by atoms with Gasteiger partial charge in [0.15, 0.2) is 0 Å². The van der Waals surface area contributed by atoms with E-state index in [2.05, 4.69) is 4.98 Å². The first kappa shape index (κ1) is 14.1. The molecule has 0 aliphatic rings. The van der Waals surface area contributed by atoms with E-state index in [0.717, 1.165) is 6.07 Å². The maximum atomic E-state index is 13.3. The highest BCUT2D eigenvalue weighted by molar-refractivity contribution is 5.72. The molecule has 0 saturated carbocycles. The molecule has 0 aliphatic carbocycles. The van der Waals surface area contributed by atoms with Crippen molar-refractivity contribution in [3.63, 3.8) is 0 Å². The molecule has 2 aromatic rings. The van der Waals surface area contributed by atoms with Crippen LogP contribution in [0.3, 0.4) is 0 Å². The second kappa shape index (κ2) is 4.99. The first-order valence-electron chi connectivity index (χ1n) is 5.48. The van der Waals surface area contributed by atoms with Crippen LogP contribution in [0.1, 0.15) is 5.56 Å². The van der Waals surface area contributed by atoms with Crippen LogP contribution in [0.15, 0.2) is 30.6 Å². The van der Waals surface area contributed by atoms with Gasteiger partial charge in [-0.05, 0) is 23.8 Å². The molecule has 0 spiro atoms. The van der Waals surface area contributed by atoms with Crippen LogP contribution < -0.4 is 10.5 Å². The number of halogens is 4. The van der Waals surface area contributed by atoms with Crippen molar-refractivity contribution in [1.82, 2.24) is 4.98 Å². The van der Waals surface area contributed by atoms with Gasteiger partial charge >= 0.3 is 6.18 Å². The molecule has 2 N–H and O–H groups in total. The Morgan fingerprint density at radius 1 is 1.15 bits per heavy atom. The highest BCUT2D eigenvalue weighted by Crippen LogP contribution is 2.39. The average Bonchev–Trinajstić information content (AvgIpc) is 2.40. The minimum absolute atomic E-state index is 0.142. The van der Waals surface area contributed by atoms with Gasteiger partial charge in [-0.15, -0.1) is 0 Å². The van der Waals surface area contributed by atoms with Crippen LogP contribution in [0.5, 0.6) is 5.75 Å². The number of nitrogen functional groups attached to an aromatic ring is 1. The summed E-state index contributed by atoms with van der Waals surface area (Å²) in [5, 5.41) is 0. The average molecular weight is 286 g/mol. The summed E-state index contributed by atoms with van der Waals surface area (Å²) in [6.45, 7) is 0. The van der Waals surface area contributed by atoms with E-state index in [-0.39, 0.29) is 16.8 Å². The number of anilines is 1. The molecule has 1 aromatic heterocycles. The van der Waals surface area contributed by atoms with Gasteiger partial charge in [0.05, 0.1) is 24.6 Å². The minimum atomic E-state index is -4.70. The Labute approximate surface area is 112 Å². The van der Waals surface area contributed by atoms with Gasteiger partial charge in [-0.3, -0.25) is 4.98 Å². The molecular weight excluding hydrogens is 276 g/mol. The molecule has 20 heavy (non-hydrogen) atoms. The number of ether oxygens (including phenoxy) is 1. The van der Waals surface area contributed by atoms with Gasteiger partial charge in [0.1, 0.15) is 11.6 Å². The smallest absolute Gasteiger partial charge is 0.417 e. The number of benzene rings is 1. The van der Waals surface area contributed by atoms with Crippen LogP contribution in [-0.4, -0.2) is 12.1 Å². The van der Waals surface area contributed by atoms with Crippen LogP contribution in [0, 0.1) is 5.82 Å². The monoisotopic (exact) mass is 286 g/mol. The SMILES string of the molecule is COc1cncc(-c2cc(N)c(F)cc2C(F)(F)F)c1. The number of nitrogens with two attached hydrogens (primary N) is 1. The van der Waals surface area contributed by atoms with E-state index in [4.69, 9.17) is 10.5 Å². The number of hydrogen-bond donors (Lipinski definition) is 1. The molecule has 0 amide bonds. The second-order valence-electron chi connectivity index (χ2n) is 4.03. The Hall–Kier alpha value is -2.31. The summed E-state index contributed by atoms with van der Waals surface area (Å²) in [5.41, 5.74) is 3.76. The van der Waals surface area contributed by atoms with Crippen LogP contribution in [-0.2, 0) is 6.18 Å². The van der Waals surface area contributed by atoms with Crippen LogP contribution in [0.25, 0.3) is 11.1 Å². The number of pyridine rings is 1. The van der Waals surface area contributed by atoms with Gasteiger partial charge in [-0.2, -0.15) is 13.2 Å². The summed E-state index contributed by atoms with van der Waals surface area (Å²) >= 11 is 0. The fraction of sp³-hybridized carbons (Fsp3) is 0.154. The Morgan fingerprint density at radius 2 is 1.85 bits per heavy atom. The van der Waals surface area contributed by atoms with Gasteiger partial charge in [0, 0.05) is 11.8 Å². The minimum Gasteiger partial charge on any atom is -0.495 e. The summed E-state index contributed by atoms with van der Waals surface area (Å²) in [4.78, 5) is 3.78. The number of aromatic nitrogens is 1. The molecule has 0 radical (unpaired) electrons. The molecule has 0 atom stereocenters. The first-order chi connectivity index (χ1) is 9.32. The van der Waals surface area contributed by atoms with Crippen molar-refractivity contribution in [3.05, 3.63) is 42.0 Å². The third kappa shape index (κ3) is 2.66. The number of nitrogens with zero attached hydrogens (tertiary/aromatic N) is 1. The summed E-state index contributed by atoms with van der Waals surface area (Å²) in [6.07, 6.45) is -2.12. The zero-order valence-corrected chi connectivity index (χ0v) is 10.3. The predicted octanol–water partition coefficient (Wildman–Crippen LogP) is 3.50. The zero-order valence-electron chi connectivity index (χ0n) is 10.3. The molecule has 0 aliphatic heterocycles. The van der Waals surface area contributed by atoms with Crippen LogP contribution in [0.2, 0.25) is 0 Å². The molecule has 1 heterocycles. The molecule has 2 rings (SSSR count). The van der Waals surface area contributed by atoms with Crippen molar-refractivity contribution in [2.24, 2.45) is 0 Å². The van der Waals surface area contributed by atoms with E-state index >= 15 is 0 Å². The van der Waals surface area contributed by atoms with Crippen molar-refractivity contribution < 1.29 is 22.3 Å². The number of hydrogen-bond acceptors (Lipinski definition) is 3. The van der Waals surface area contributed by atoms with Crippen LogP contribution >= 0.6 is 0 Å². The van der Waals surface area contributed by atoms with E-state index in [0.29, 0.717) is 11.8 Å². The van der Waals surface area contributed by atoms with Crippen LogP contribution in [0.4, 0.5) is 23.2 Å². The van der Waals surface area contributed by atoms with E-state index in [1.54, 1.807) is 0 Å². The normalized spacial score (nSPS) is 11.4. The lowest BCUT2D eigenvalue weighted by Crippen LogP contribution is -2.09. The van der Waals surface area contributed by atoms with Gasteiger partial charge in [0.25, 0.3) is 0 Å². The highest BCUT2D eigenvalue weighted by Gasteiger charge is 2.34. The molecule has 1 aromatic carbocycles. The van der Waals surface area contributed by atoms with Crippen molar-refractivity contribution in [2.75, 3.05) is 12.8 Å². The molecule has 0 bridgehead atoms. The second-order valence-corrected chi connectivity index (χ2v) is 4.03. The van der Waals surface area contributed by atoms with Gasteiger partial charge in [-0.1, -0.05) is 0 Å². The Morgan fingerprint density at radius 3 is 2.45 bits per heavy atom. The Kier molecular flexibility index (Phi) is 3.52.